The SMILES string of the molecule is O=C(COC(=O)c1cc(Cl)nc2ccccc12)NC12CC3CC(CC(C3)C1)C2. The Morgan fingerprint density at radius 2 is 1.75 bits per heavy atom. The summed E-state index contributed by atoms with van der Waals surface area (Å²) in [5, 5.41) is 4.12. The van der Waals surface area contributed by atoms with Crippen LogP contribution in [0.25, 0.3) is 10.9 Å². The molecule has 1 amide bonds. The van der Waals surface area contributed by atoms with Crippen molar-refractivity contribution < 1.29 is 14.3 Å². The van der Waals surface area contributed by atoms with Crippen molar-refractivity contribution in [1.82, 2.24) is 10.3 Å². The number of hydrogen-bond acceptors (Lipinski definition) is 4. The normalized spacial score (nSPS) is 30.4. The van der Waals surface area contributed by atoms with E-state index in [1.165, 1.54) is 25.3 Å². The topological polar surface area (TPSA) is 68.3 Å². The van der Waals surface area contributed by atoms with Crippen molar-refractivity contribution in [2.45, 2.75) is 44.1 Å². The fourth-order valence-corrected chi connectivity index (χ4v) is 6.32. The molecular formula is C22H23ClN2O3. The number of aromatic nitrogens is 1. The van der Waals surface area contributed by atoms with Crippen molar-refractivity contribution in [3.63, 3.8) is 0 Å². The lowest BCUT2D eigenvalue weighted by Gasteiger charge is -2.56. The van der Waals surface area contributed by atoms with Crippen LogP contribution in [0.1, 0.15) is 48.9 Å². The van der Waals surface area contributed by atoms with Crippen LogP contribution in [-0.2, 0) is 9.53 Å². The Hall–Kier alpha value is -2.14. The van der Waals surface area contributed by atoms with E-state index in [9.17, 15) is 9.59 Å². The maximum absolute atomic E-state index is 12.6. The molecule has 1 N–H and O–H groups in total. The molecule has 4 aliphatic rings. The maximum Gasteiger partial charge on any atom is 0.339 e. The summed E-state index contributed by atoms with van der Waals surface area (Å²) in [6.45, 7) is -0.269. The predicted octanol–water partition coefficient (Wildman–Crippen LogP) is 4.13. The van der Waals surface area contributed by atoms with Crippen LogP contribution in [0.4, 0.5) is 0 Å². The van der Waals surface area contributed by atoms with Gasteiger partial charge in [-0.2, -0.15) is 0 Å². The standard InChI is InChI=1S/C22H23ClN2O3/c23-19-8-17(16-3-1-2-4-18(16)24-19)21(27)28-12-20(26)25-22-9-13-5-14(10-22)7-15(6-13)11-22/h1-4,8,13-15H,5-7,9-12H2,(H,25,26). The van der Waals surface area contributed by atoms with E-state index in [4.69, 9.17) is 16.3 Å². The highest BCUT2D eigenvalue weighted by molar-refractivity contribution is 6.30. The molecule has 1 aromatic heterocycles. The van der Waals surface area contributed by atoms with Crippen LogP contribution in [0, 0.1) is 17.8 Å². The lowest BCUT2D eigenvalue weighted by atomic mass is 9.53. The third kappa shape index (κ3) is 3.26. The molecule has 5 nitrogen and oxygen atoms in total. The second-order valence-corrected chi connectivity index (χ2v) is 9.22. The molecule has 0 spiro atoms. The lowest BCUT2D eigenvalue weighted by Crippen LogP contribution is -2.60. The van der Waals surface area contributed by atoms with Gasteiger partial charge in [-0.3, -0.25) is 4.79 Å². The molecule has 4 bridgehead atoms. The predicted molar refractivity (Wildman–Crippen MR) is 106 cm³/mol. The molecule has 4 saturated carbocycles. The number of nitrogens with zero attached hydrogens (tertiary/aromatic N) is 1. The zero-order valence-electron chi connectivity index (χ0n) is 15.6. The highest BCUT2D eigenvalue weighted by Crippen LogP contribution is 2.55. The van der Waals surface area contributed by atoms with Crippen LogP contribution in [0.5, 0.6) is 0 Å². The smallest absolute Gasteiger partial charge is 0.339 e. The van der Waals surface area contributed by atoms with E-state index < -0.39 is 5.97 Å². The molecule has 2 aromatic rings. The molecule has 1 aromatic carbocycles. The van der Waals surface area contributed by atoms with Gasteiger partial charge in [0.15, 0.2) is 6.61 Å². The summed E-state index contributed by atoms with van der Waals surface area (Å²) in [6.07, 6.45) is 7.18. The Morgan fingerprint density at radius 3 is 2.43 bits per heavy atom. The second-order valence-electron chi connectivity index (χ2n) is 8.83. The number of fused-ring (bicyclic) bond motifs is 1. The minimum Gasteiger partial charge on any atom is -0.452 e. The molecule has 0 aliphatic heterocycles. The Balaban J connectivity index is 1.26. The number of benzene rings is 1. The first-order valence-electron chi connectivity index (χ1n) is 10.0. The van der Waals surface area contributed by atoms with Crippen LogP contribution in [-0.4, -0.2) is 29.0 Å². The number of esters is 1. The average molecular weight is 399 g/mol. The quantitative estimate of drug-likeness (QED) is 0.621. The minimum atomic E-state index is -0.554. The molecule has 6 rings (SSSR count). The van der Waals surface area contributed by atoms with E-state index >= 15 is 0 Å². The number of nitrogens with one attached hydrogen (secondary N) is 1. The lowest BCUT2D eigenvalue weighted by molar-refractivity contribution is -0.130. The number of amides is 1. The molecule has 0 radical (unpaired) electrons. The number of para-hydroxylation sites is 1. The van der Waals surface area contributed by atoms with Crippen molar-refractivity contribution >= 4 is 34.4 Å². The number of rotatable bonds is 4. The maximum atomic E-state index is 12.6. The van der Waals surface area contributed by atoms with Crippen LogP contribution in [0.3, 0.4) is 0 Å². The zero-order chi connectivity index (χ0) is 19.3. The molecule has 1 heterocycles. The monoisotopic (exact) mass is 398 g/mol. The van der Waals surface area contributed by atoms with E-state index in [2.05, 4.69) is 10.3 Å². The molecule has 6 heteroatoms. The molecule has 4 aliphatic carbocycles. The summed E-state index contributed by atoms with van der Waals surface area (Å²) in [5.74, 6) is 1.49. The summed E-state index contributed by atoms with van der Waals surface area (Å²) in [5.41, 5.74) is 0.878. The van der Waals surface area contributed by atoms with Crippen molar-refractivity contribution in [3.05, 3.63) is 41.0 Å². The van der Waals surface area contributed by atoms with E-state index in [1.807, 2.05) is 12.1 Å². The van der Waals surface area contributed by atoms with Gasteiger partial charge in [-0.1, -0.05) is 29.8 Å². The van der Waals surface area contributed by atoms with E-state index in [-0.39, 0.29) is 23.2 Å². The fourth-order valence-electron chi connectivity index (χ4n) is 6.12. The van der Waals surface area contributed by atoms with Gasteiger partial charge in [-0.25, -0.2) is 9.78 Å². The Kier molecular flexibility index (Phi) is 4.31. The summed E-state index contributed by atoms with van der Waals surface area (Å²) in [7, 11) is 0. The van der Waals surface area contributed by atoms with Gasteiger partial charge in [0.1, 0.15) is 5.15 Å². The number of halogens is 1. The summed E-state index contributed by atoms with van der Waals surface area (Å²) in [4.78, 5) is 29.4. The summed E-state index contributed by atoms with van der Waals surface area (Å²) in [6, 6.07) is 8.74. The van der Waals surface area contributed by atoms with Gasteiger partial charge in [0.2, 0.25) is 0 Å². The van der Waals surface area contributed by atoms with E-state index in [1.54, 1.807) is 12.1 Å². The van der Waals surface area contributed by atoms with E-state index in [0.29, 0.717) is 16.5 Å². The first kappa shape index (κ1) is 17.9. The Morgan fingerprint density at radius 1 is 1.11 bits per heavy atom. The van der Waals surface area contributed by atoms with Crippen molar-refractivity contribution in [3.8, 4) is 0 Å². The molecule has 28 heavy (non-hydrogen) atoms. The molecule has 0 unspecified atom stereocenters. The highest BCUT2D eigenvalue weighted by Gasteiger charge is 2.51. The second kappa shape index (κ2) is 6.73. The van der Waals surface area contributed by atoms with Crippen LogP contribution in [0.2, 0.25) is 5.15 Å². The molecule has 0 saturated heterocycles. The average Bonchev–Trinajstić information content (AvgIpc) is 2.64. The number of carbonyl (C=O) groups is 2. The van der Waals surface area contributed by atoms with Gasteiger partial charge in [-0.05, 0) is 68.4 Å². The first-order valence-corrected chi connectivity index (χ1v) is 10.4. The third-order valence-corrected chi connectivity index (χ3v) is 6.88. The fraction of sp³-hybridized carbons (Fsp3) is 0.500. The van der Waals surface area contributed by atoms with Gasteiger partial charge in [-0.15, -0.1) is 0 Å². The Bertz CT molecular complexity index is 923. The highest BCUT2D eigenvalue weighted by atomic mass is 35.5. The molecule has 4 fully saturated rings. The van der Waals surface area contributed by atoms with E-state index in [0.717, 1.165) is 37.0 Å². The summed E-state index contributed by atoms with van der Waals surface area (Å²) < 4.78 is 5.33. The first-order chi connectivity index (χ1) is 13.5. The van der Waals surface area contributed by atoms with Crippen LogP contribution in [0.15, 0.2) is 30.3 Å². The van der Waals surface area contributed by atoms with Crippen LogP contribution < -0.4 is 5.32 Å². The van der Waals surface area contributed by atoms with Gasteiger partial charge < -0.3 is 10.1 Å². The van der Waals surface area contributed by atoms with Gasteiger partial charge >= 0.3 is 5.97 Å². The minimum absolute atomic E-state index is 0.0785. The van der Waals surface area contributed by atoms with Crippen molar-refractivity contribution in [2.75, 3.05) is 6.61 Å². The van der Waals surface area contributed by atoms with Gasteiger partial charge in [0, 0.05) is 10.9 Å². The molecule has 146 valence electrons. The van der Waals surface area contributed by atoms with Crippen LogP contribution >= 0.6 is 11.6 Å². The van der Waals surface area contributed by atoms with Crippen molar-refractivity contribution in [1.29, 1.82) is 0 Å². The molecular weight excluding hydrogens is 376 g/mol. The van der Waals surface area contributed by atoms with Crippen molar-refractivity contribution in [2.24, 2.45) is 17.8 Å². The van der Waals surface area contributed by atoms with Gasteiger partial charge in [0.25, 0.3) is 5.91 Å². The number of pyridine rings is 1. The van der Waals surface area contributed by atoms with Gasteiger partial charge in [0.05, 0.1) is 11.1 Å². The zero-order valence-corrected chi connectivity index (χ0v) is 16.4. The number of ether oxygens (including phenoxy) is 1. The number of hydrogen-bond donors (Lipinski definition) is 1. The largest absolute Gasteiger partial charge is 0.452 e. The third-order valence-electron chi connectivity index (χ3n) is 6.68. The summed E-state index contributed by atoms with van der Waals surface area (Å²) >= 11 is 6.04. The molecule has 0 atom stereocenters. The Labute approximate surface area is 168 Å². The number of carbonyl (C=O) groups excluding carboxylic acids is 2.